The van der Waals surface area contributed by atoms with Crippen LogP contribution < -0.4 is 15.4 Å². The van der Waals surface area contributed by atoms with E-state index < -0.39 is 5.25 Å². The molecule has 0 bridgehead atoms. The Hall–Kier alpha value is -3.00. The number of nitrogens with zero attached hydrogens (tertiary/aromatic N) is 1. The number of anilines is 1. The van der Waals surface area contributed by atoms with E-state index in [-0.39, 0.29) is 23.6 Å². The summed E-state index contributed by atoms with van der Waals surface area (Å²) >= 11 is 1.29. The first-order chi connectivity index (χ1) is 15.0. The van der Waals surface area contributed by atoms with Gasteiger partial charge in [0.2, 0.25) is 17.7 Å². The molecular formula is C23H25N3O4S. The summed E-state index contributed by atoms with van der Waals surface area (Å²) in [5, 5.41) is 5.01. The predicted octanol–water partition coefficient (Wildman–Crippen LogP) is 2.66. The second-order valence-corrected chi connectivity index (χ2v) is 8.80. The van der Waals surface area contributed by atoms with Gasteiger partial charge in [-0.1, -0.05) is 24.3 Å². The first-order valence-corrected chi connectivity index (χ1v) is 11.2. The van der Waals surface area contributed by atoms with Gasteiger partial charge in [-0.3, -0.25) is 14.4 Å². The Kier molecular flexibility index (Phi) is 6.46. The van der Waals surface area contributed by atoms with Gasteiger partial charge in [-0.25, -0.2) is 0 Å². The molecule has 2 heterocycles. The summed E-state index contributed by atoms with van der Waals surface area (Å²) in [6, 6.07) is 15.1. The summed E-state index contributed by atoms with van der Waals surface area (Å²) in [6.45, 7) is 1.39. The monoisotopic (exact) mass is 439 g/mol. The first-order valence-electron chi connectivity index (χ1n) is 10.3. The number of fused-ring (bicyclic) bond motifs is 1. The van der Waals surface area contributed by atoms with Crippen molar-refractivity contribution in [2.24, 2.45) is 5.92 Å². The average molecular weight is 440 g/mol. The maximum atomic E-state index is 13.0. The SMILES string of the molecule is COc1cccc(CNC(=O)C2CCN(C(=O)[C@@H]3Sc4ccccc4NC3=O)CC2)c1. The van der Waals surface area contributed by atoms with Crippen molar-refractivity contribution >= 4 is 35.2 Å². The third-order valence-corrected chi connectivity index (χ3v) is 6.89. The van der Waals surface area contributed by atoms with Crippen LogP contribution in [0.1, 0.15) is 18.4 Å². The van der Waals surface area contributed by atoms with E-state index in [1.165, 1.54) is 11.8 Å². The van der Waals surface area contributed by atoms with Gasteiger partial charge in [0.25, 0.3) is 0 Å². The van der Waals surface area contributed by atoms with Crippen LogP contribution in [0.5, 0.6) is 5.75 Å². The number of nitrogens with one attached hydrogen (secondary N) is 2. The van der Waals surface area contributed by atoms with Crippen molar-refractivity contribution in [2.45, 2.75) is 29.5 Å². The number of para-hydroxylation sites is 1. The minimum Gasteiger partial charge on any atom is -0.497 e. The van der Waals surface area contributed by atoms with Crippen molar-refractivity contribution in [3.8, 4) is 5.75 Å². The number of hydrogen-bond acceptors (Lipinski definition) is 5. The third-order valence-electron chi connectivity index (χ3n) is 5.63. The fourth-order valence-corrected chi connectivity index (χ4v) is 4.93. The highest BCUT2D eigenvalue weighted by atomic mass is 32.2. The zero-order valence-electron chi connectivity index (χ0n) is 17.3. The molecule has 2 aliphatic rings. The molecule has 0 aliphatic carbocycles. The Morgan fingerprint density at radius 2 is 1.94 bits per heavy atom. The lowest BCUT2D eigenvalue weighted by molar-refractivity contribution is -0.137. The fraction of sp³-hybridized carbons (Fsp3) is 0.348. The minimum atomic E-state index is -0.784. The summed E-state index contributed by atoms with van der Waals surface area (Å²) in [4.78, 5) is 40.6. The van der Waals surface area contributed by atoms with Gasteiger partial charge in [-0.15, -0.1) is 11.8 Å². The van der Waals surface area contributed by atoms with Crippen LogP contribution in [-0.4, -0.2) is 48.1 Å². The van der Waals surface area contributed by atoms with Crippen molar-refractivity contribution < 1.29 is 19.1 Å². The first kappa shape index (κ1) is 21.2. The molecule has 8 heteroatoms. The van der Waals surface area contributed by atoms with Gasteiger partial charge in [0.05, 0.1) is 12.8 Å². The van der Waals surface area contributed by atoms with Crippen LogP contribution in [0.25, 0.3) is 0 Å². The van der Waals surface area contributed by atoms with E-state index in [0.717, 1.165) is 21.9 Å². The van der Waals surface area contributed by atoms with E-state index >= 15 is 0 Å². The number of ether oxygens (including phenoxy) is 1. The van der Waals surface area contributed by atoms with Gasteiger partial charge in [0.1, 0.15) is 5.75 Å². The van der Waals surface area contributed by atoms with Crippen LogP contribution in [0.3, 0.4) is 0 Å². The number of carbonyl (C=O) groups excluding carboxylic acids is 3. The number of carbonyl (C=O) groups is 3. The molecule has 7 nitrogen and oxygen atoms in total. The molecule has 1 atom stereocenters. The molecule has 0 radical (unpaired) electrons. The highest BCUT2D eigenvalue weighted by Crippen LogP contribution is 2.36. The van der Waals surface area contributed by atoms with Gasteiger partial charge >= 0.3 is 0 Å². The minimum absolute atomic E-state index is 0.00590. The summed E-state index contributed by atoms with van der Waals surface area (Å²) < 4.78 is 5.21. The summed E-state index contributed by atoms with van der Waals surface area (Å²) in [5.41, 5.74) is 1.72. The number of benzene rings is 2. The van der Waals surface area contributed by atoms with Crippen LogP contribution >= 0.6 is 11.8 Å². The predicted molar refractivity (Wildman–Crippen MR) is 119 cm³/mol. The second-order valence-electron chi connectivity index (χ2n) is 7.65. The molecule has 2 N–H and O–H groups in total. The average Bonchev–Trinajstić information content (AvgIpc) is 2.82. The number of piperidine rings is 1. The molecule has 2 aromatic rings. The fourth-order valence-electron chi connectivity index (χ4n) is 3.86. The lowest BCUT2D eigenvalue weighted by Gasteiger charge is -2.34. The van der Waals surface area contributed by atoms with Crippen LogP contribution in [0.4, 0.5) is 5.69 Å². The highest BCUT2D eigenvalue weighted by Gasteiger charge is 2.37. The van der Waals surface area contributed by atoms with E-state index in [9.17, 15) is 14.4 Å². The summed E-state index contributed by atoms with van der Waals surface area (Å²) in [7, 11) is 1.61. The number of likely N-dealkylation sites (tertiary alicyclic amines) is 1. The van der Waals surface area contributed by atoms with E-state index in [1.807, 2.05) is 48.5 Å². The zero-order valence-corrected chi connectivity index (χ0v) is 18.1. The highest BCUT2D eigenvalue weighted by molar-refractivity contribution is 8.01. The maximum Gasteiger partial charge on any atom is 0.247 e. The van der Waals surface area contributed by atoms with Gasteiger partial charge in [0, 0.05) is 30.4 Å². The van der Waals surface area contributed by atoms with Crippen molar-refractivity contribution in [3.63, 3.8) is 0 Å². The Balaban J connectivity index is 1.28. The Bertz CT molecular complexity index is 988. The molecule has 1 fully saturated rings. The van der Waals surface area contributed by atoms with Crippen molar-refractivity contribution in [2.75, 3.05) is 25.5 Å². The summed E-state index contributed by atoms with van der Waals surface area (Å²) in [6.07, 6.45) is 1.18. The molecule has 1 saturated heterocycles. The van der Waals surface area contributed by atoms with Gasteiger partial charge < -0.3 is 20.3 Å². The van der Waals surface area contributed by atoms with Crippen LogP contribution in [0.2, 0.25) is 0 Å². The van der Waals surface area contributed by atoms with E-state index in [1.54, 1.807) is 12.0 Å². The molecule has 0 saturated carbocycles. The van der Waals surface area contributed by atoms with E-state index in [0.29, 0.717) is 32.5 Å². The smallest absolute Gasteiger partial charge is 0.247 e. The Labute approximate surface area is 185 Å². The number of methoxy groups -OCH3 is 1. The van der Waals surface area contributed by atoms with Crippen LogP contribution in [0.15, 0.2) is 53.4 Å². The largest absolute Gasteiger partial charge is 0.497 e. The number of hydrogen-bond donors (Lipinski definition) is 2. The maximum absolute atomic E-state index is 13.0. The molecule has 3 amide bonds. The Morgan fingerprint density at radius 1 is 1.16 bits per heavy atom. The number of rotatable bonds is 5. The van der Waals surface area contributed by atoms with E-state index in [4.69, 9.17) is 4.74 Å². The molecule has 0 aromatic heterocycles. The number of thioether (sulfide) groups is 1. The molecule has 0 unspecified atom stereocenters. The Morgan fingerprint density at radius 3 is 2.71 bits per heavy atom. The zero-order chi connectivity index (χ0) is 21.8. The number of amides is 3. The molecular weight excluding hydrogens is 414 g/mol. The van der Waals surface area contributed by atoms with Crippen molar-refractivity contribution in [1.82, 2.24) is 10.2 Å². The second kappa shape index (κ2) is 9.43. The molecule has 2 aliphatic heterocycles. The molecule has 2 aromatic carbocycles. The quantitative estimate of drug-likeness (QED) is 0.700. The van der Waals surface area contributed by atoms with Crippen LogP contribution in [-0.2, 0) is 20.9 Å². The lowest BCUT2D eigenvalue weighted by Crippen LogP contribution is -2.49. The third kappa shape index (κ3) is 4.85. The molecule has 31 heavy (non-hydrogen) atoms. The van der Waals surface area contributed by atoms with Gasteiger partial charge in [-0.2, -0.15) is 0 Å². The van der Waals surface area contributed by atoms with Gasteiger partial charge in [-0.05, 0) is 42.7 Å². The molecule has 4 rings (SSSR count). The lowest BCUT2D eigenvalue weighted by atomic mass is 9.95. The normalized spacial score (nSPS) is 18.7. The van der Waals surface area contributed by atoms with Crippen molar-refractivity contribution in [1.29, 1.82) is 0 Å². The van der Waals surface area contributed by atoms with E-state index in [2.05, 4.69) is 10.6 Å². The van der Waals surface area contributed by atoms with Gasteiger partial charge in [0.15, 0.2) is 5.25 Å². The molecule has 0 spiro atoms. The standard InChI is InChI=1S/C23H25N3O4S/c1-30-17-6-4-5-15(13-17)14-24-21(27)16-9-11-26(12-10-16)23(29)20-22(28)25-18-7-2-3-8-19(18)31-20/h2-8,13,16,20H,9-12,14H2,1H3,(H,24,27)(H,25,28)/t20-/m1/s1. The topological polar surface area (TPSA) is 87.7 Å². The van der Waals surface area contributed by atoms with Crippen LogP contribution in [0, 0.1) is 5.92 Å². The van der Waals surface area contributed by atoms with Crippen molar-refractivity contribution in [3.05, 3.63) is 54.1 Å². The molecule has 162 valence electrons. The summed E-state index contributed by atoms with van der Waals surface area (Å²) in [5.74, 6) is 0.141.